The zero-order valence-electron chi connectivity index (χ0n) is 18.5. The molecule has 178 valence electrons. The predicted molar refractivity (Wildman–Crippen MR) is 119 cm³/mol. The zero-order valence-corrected chi connectivity index (χ0v) is 18.5. The molecule has 0 aromatic heterocycles. The highest BCUT2D eigenvalue weighted by molar-refractivity contribution is 5.72. The summed E-state index contributed by atoms with van der Waals surface area (Å²) in [7, 11) is 0. The smallest absolute Gasteiger partial charge is 0.416 e. The van der Waals surface area contributed by atoms with E-state index in [1.807, 2.05) is 24.3 Å². The number of ether oxygens (including phenoxy) is 2. The lowest BCUT2D eigenvalue weighted by Crippen LogP contribution is -2.32. The molecule has 0 bridgehead atoms. The lowest BCUT2D eigenvalue weighted by Gasteiger charge is -2.26. The van der Waals surface area contributed by atoms with Gasteiger partial charge in [-0.3, -0.25) is 4.90 Å². The summed E-state index contributed by atoms with van der Waals surface area (Å²) in [6, 6.07) is 12.6. The minimum absolute atomic E-state index is 0.296. The summed E-state index contributed by atoms with van der Waals surface area (Å²) in [6.07, 6.45) is -2.06. The van der Waals surface area contributed by atoms with Gasteiger partial charge in [-0.25, -0.2) is 4.79 Å². The van der Waals surface area contributed by atoms with Gasteiger partial charge in [0.05, 0.1) is 5.56 Å². The Morgan fingerprint density at radius 3 is 2.36 bits per heavy atom. The quantitative estimate of drug-likeness (QED) is 0.543. The highest BCUT2D eigenvalue weighted by Gasteiger charge is 2.30. The van der Waals surface area contributed by atoms with Gasteiger partial charge in [0.25, 0.3) is 0 Å². The SMILES string of the molecule is CCOC(Cc1ccc(OCCN2CC=C(c3ccc(C(F)(F)F)cc3)CC2)cc1)C(=O)O. The first-order valence-corrected chi connectivity index (χ1v) is 10.9. The molecule has 3 rings (SSSR count). The summed E-state index contributed by atoms with van der Waals surface area (Å²) >= 11 is 0. The molecule has 1 heterocycles. The van der Waals surface area contributed by atoms with E-state index in [0.29, 0.717) is 31.9 Å². The number of halogens is 3. The molecule has 0 saturated carbocycles. The van der Waals surface area contributed by atoms with Crippen molar-refractivity contribution >= 4 is 11.5 Å². The van der Waals surface area contributed by atoms with Crippen LogP contribution in [0.2, 0.25) is 0 Å². The molecular weight excluding hydrogens is 435 g/mol. The van der Waals surface area contributed by atoms with E-state index in [1.54, 1.807) is 6.92 Å². The van der Waals surface area contributed by atoms with Crippen LogP contribution >= 0.6 is 0 Å². The first-order valence-electron chi connectivity index (χ1n) is 10.9. The molecular formula is C25H28F3NO4. The average Bonchev–Trinajstić information content (AvgIpc) is 2.80. The molecule has 8 heteroatoms. The molecule has 0 radical (unpaired) electrons. The summed E-state index contributed by atoms with van der Waals surface area (Å²) in [6.45, 7) is 4.86. The molecule has 0 amide bonds. The first-order chi connectivity index (χ1) is 15.8. The van der Waals surface area contributed by atoms with Gasteiger partial charge >= 0.3 is 12.1 Å². The van der Waals surface area contributed by atoms with Gasteiger partial charge in [0.1, 0.15) is 12.4 Å². The third-order valence-electron chi connectivity index (χ3n) is 5.54. The van der Waals surface area contributed by atoms with Crippen LogP contribution in [0.4, 0.5) is 13.2 Å². The second kappa shape index (κ2) is 11.3. The van der Waals surface area contributed by atoms with Crippen LogP contribution in [0.1, 0.15) is 30.0 Å². The summed E-state index contributed by atoms with van der Waals surface area (Å²) in [5.74, 6) is -0.269. The molecule has 0 saturated heterocycles. The number of rotatable bonds is 10. The second-order valence-corrected chi connectivity index (χ2v) is 7.83. The van der Waals surface area contributed by atoms with Crippen LogP contribution in [0, 0.1) is 0 Å². The van der Waals surface area contributed by atoms with Crippen molar-refractivity contribution in [1.82, 2.24) is 4.90 Å². The third-order valence-corrected chi connectivity index (χ3v) is 5.54. The Kier molecular flexibility index (Phi) is 8.52. The van der Waals surface area contributed by atoms with Crippen LogP contribution < -0.4 is 4.74 Å². The van der Waals surface area contributed by atoms with E-state index < -0.39 is 23.8 Å². The lowest BCUT2D eigenvalue weighted by molar-refractivity contribution is -0.150. The maximum atomic E-state index is 12.7. The van der Waals surface area contributed by atoms with Gasteiger partial charge < -0.3 is 14.6 Å². The fourth-order valence-corrected chi connectivity index (χ4v) is 3.70. The second-order valence-electron chi connectivity index (χ2n) is 7.83. The Balaban J connectivity index is 1.43. The average molecular weight is 463 g/mol. The van der Waals surface area contributed by atoms with E-state index in [-0.39, 0.29) is 0 Å². The van der Waals surface area contributed by atoms with Crippen LogP contribution in [0.5, 0.6) is 5.75 Å². The third kappa shape index (κ3) is 7.33. The number of carbonyl (C=O) groups is 1. The Labute approximate surface area is 191 Å². The van der Waals surface area contributed by atoms with Crippen LogP contribution in [0.25, 0.3) is 5.57 Å². The predicted octanol–water partition coefficient (Wildman–Crippen LogP) is 4.91. The van der Waals surface area contributed by atoms with Crippen molar-refractivity contribution in [2.24, 2.45) is 0 Å². The molecule has 1 N–H and O–H groups in total. The van der Waals surface area contributed by atoms with Crippen molar-refractivity contribution in [3.8, 4) is 5.75 Å². The van der Waals surface area contributed by atoms with E-state index in [0.717, 1.165) is 48.3 Å². The Hall–Kier alpha value is -2.84. The number of benzene rings is 2. The molecule has 2 aromatic carbocycles. The number of aliphatic carboxylic acids is 1. The van der Waals surface area contributed by atoms with Crippen LogP contribution in [0.3, 0.4) is 0 Å². The number of hydrogen-bond donors (Lipinski definition) is 1. The van der Waals surface area contributed by atoms with E-state index in [9.17, 15) is 23.1 Å². The molecule has 5 nitrogen and oxygen atoms in total. The monoisotopic (exact) mass is 463 g/mol. The number of nitrogens with zero attached hydrogens (tertiary/aromatic N) is 1. The normalized spacial score (nSPS) is 15.7. The van der Waals surface area contributed by atoms with Gasteiger partial charge in [-0.2, -0.15) is 13.2 Å². The van der Waals surface area contributed by atoms with Crippen molar-refractivity contribution < 1.29 is 32.5 Å². The molecule has 1 unspecified atom stereocenters. The summed E-state index contributed by atoms with van der Waals surface area (Å²) < 4.78 is 49.2. The summed E-state index contributed by atoms with van der Waals surface area (Å²) in [5, 5.41) is 9.18. The fourth-order valence-electron chi connectivity index (χ4n) is 3.70. The minimum atomic E-state index is -4.32. The Morgan fingerprint density at radius 1 is 1.12 bits per heavy atom. The molecule has 0 aliphatic carbocycles. The Morgan fingerprint density at radius 2 is 1.82 bits per heavy atom. The van der Waals surface area contributed by atoms with Gasteiger partial charge in [0.15, 0.2) is 6.10 Å². The van der Waals surface area contributed by atoms with Crippen molar-refractivity contribution in [1.29, 1.82) is 0 Å². The Bertz CT molecular complexity index is 940. The molecule has 2 aromatic rings. The van der Waals surface area contributed by atoms with E-state index in [1.165, 1.54) is 12.1 Å². The summed E-state index contributed by atoms with van der Waals surface area (Å²) in [5.41, 5.74) is 2.11. The maximum Gasteiger partial charge on any atom is 0.416 e. The first kappa shape index (κ1) is 24.8. The van der Waals surface area contributed by atoms with E-state index >= 15 is 0 Å². The number of carboxylic acid groups (broad SMARTS) is 1. The largest absolute Gasteiger partial charge is 0.492 e. The van der Waals surface area contributed by atoms with Gasteiger partial charge in [-0.15, -0.1) is 0 Å². The molecule has 0 spiro atoms. The topological polar surface area (TPSA) is 59.0 Å². The lowest BCUT2D eigenvalue weighted by atomic mass is 9.98. The fraction of sp³-hybridized carbons (Fsp3) is 0.400. The van der Waals surface area contributed by atoms with Crippen LogP contribution in [-0.2, 0) is 22.1 Å². The highest BCUT2D eigenvalue weighted by Crippen LogP contribution is 2.31. The minimum Gasteiger partial charge on any atom is -0.492 e. The van der Waals surface area contributed by atoms with Crippen molar-refractivity contribution in [2.75, 3.05) is 32.8 Å². The van der Waals surface area contributed by atoms with Crippen molar-refractivity contribution in [3.63, 3.8) is 0 Å². The number of carboxylic acids is 1. The van der Waals surface area contributed by atoms with Crippen LogP contribution in [-0.4, -0.2) is 54.9 Å². The van der Waals surface area contributed by atoms with Crippen molar-refractivity contribution in [3.05, 3.63) is 71.3 Å². The van der Waals surface area contributed by atoms with E-state index in [2.05, 4.69) is 11.0 Å². The van der Waals surface area contributed by atoms with Crippen LogP contribution in [0.15, 0.2) is 54.6 Å². The number of hydrogen-bond acceptors (Lipinski definition) is 4. The molecule has 33 heavy (non-hydrogen) atoms. The van der Waals surface area contributed by atoms with E-state index in [4.69, 9.17) is 9.47 Å². The molecule has 1 aliphatic heterocycles. The van der Waals surface area contributed by atoms with Gasteiger partial charge in [0.2, 0.25) is 0 Å². The van der Waals surface area contributed by atoms with Gasteiger partial charge in [0, 0.05) is 32.7 Å². The van der Waals surface area contributed by atoms with Crippen molar-refractivity contribution in [2.45, 2.75) is 32.0 Å². The zero-order chi connectivity index (χ0) is 23.8. The van der Waals surface area contributed by atoms with Gasteiger partial charge in [-0.05, 0) is 54.3 Å². The highest BCUT2D eigenvalue weighted by atomic mass is 19.4. The summed E-state index contributed by atoms with van der Waals surface area (Å²) in [4.78, 5) is 13.4. The van der Waals surface area contributed by atoms with Gasteiger partial charge in [-0.1, -0.05) is 30.3 Å². The molecule has 1 aliphatic rings. The molecule has 0 fully saturated rings. The number of alkyl halides is 3. The molecule has 1 atom stereocenters. The maximum absolute atomic E-state index is 12.7. The standard InChI is InChI=1S/C25H28F3NO4/c1-2-32-23(24(30)31)17-18-3-9-22(10-4-18)33-16-15-29-13-11-20(12-14-29)19-5-7-21(8-6-19)25(26,27)28/h3-11,23H,2,12-17H2,1H3,(H,30,31).